The van der Waals surface area contributed by atoms with E-state index in [1.54, 1.807) is 74.2 Å². The third kappa shape index (κ3) is 10.7. The summed E-state index contributed by atoms with van der Waals surface area (Å²) >= 11 is 0. The predicted molar refractivity (Wildman–Crippen MR) is 250 cm³/mol. The number of benzene rings is 2. The maximum absolute atomic E-state index is 12.9. The Morgan fingerprint density at radius 3 is 1.65 bits per heavy atom. The average molecular weight is 885 g/mol. The van der Waals surface area contributed by atoms with Crippen LogP contribution in [0.3, 0.4) is 0 Å². The fourth-order valence-corrected chi connectivity index (χ4v) is 9.39. The van der Waals surface area contributed by atoms with Crippen LogP contribution in [0.2, 0.25) is 0 Å². The van der Waals surface area contributed by atoms with Crippen molar-refractivity contribution in [3.05, 3.63) is 124 Å². The van der Waals surface area contributed by atoms with E-state index in [1.165, 1.54) is 5.69 Å². The first-order valence-electron chi connectivity index (χ1n) is 22.5. The van der Waals surface area contributed by atoms with Gasteiger partial charge in [0.2, 0.25) is 0 Å². The lowest BCUT2D eigenvalue weighted by Gasteiger charge is -2.28. The van der Waals surface area contributed by atoms with Crippen LogP contribution in [0.5, 0.6) is 11.5 Å². The highest BCUT2D eigenvalue weighted by Gasteiger charge is 2.29. The summed E-state index contributed by atoms with van der Waals surface area (Å²) < 4.78 is 17.8. The molecular weight excluding hydrogens is 825 g/mol. The molecule has 0 aliphatic heterocycles. The van der Waals surface area contributed by atoms with Gasteiger partial charge in [0.1, 0.15) is 17.3 Å². The number of nitrogens with one attached hydrogen (secondary N) is 1. The molecule has 2 aromatic carbocycles. The topological polar surface area (TPSA) is 181 Å². The Balaban J connectivity index is 0.000000183. The van der Waals surface area contributed by atoms with Gasteiger partial charge < -0.3 is 14.6 Å². The van der Waals surface area contributed by atoms with E-state index < -0.39 is 0 Å². The van der Waals surface area contributed by atoms with Crippen LogP contribution in [-0.2, 0) is 32.0 Å². The molecule has 2 fully saturated rings. The summed E-state index contributed by atoms with van der Waals surface area (Å²) in [5.41, 5.74) is 7.43. The molecule has 0 amide bonds. The number of aryl methyl sites for hydroxylation is 2. The first-order chi connectivity index (χ1) is 31.5. The second-order valence-electron chi connectivity index (χ2n) is 17.1. The molecule has 7 aromatic rings. The van der Waals surface area contributed by atoms with Gasteiger partial charge in [0, 0.05) is 99.4 Å². The number of rotatable bonds is 12. The quantitative estimate of drug-likeness (QED) is 0.0922. The Kier molecular flexibility index (Phi) is 15.3. The molecule has 0 spiro atoms. The zero-order valence-electron chi connectivity index (χ0n) is 38.0. The van der Waals surface area contributed by atoms with Crippen molar-refractivity contribution >= 4 is 33.6 Å². The van der Waals surface area contributed by atoms with E-state index in [2.05, 4.69) is 26.2 Å². The van der Waals surface area contributed by atoms with Gasteiger partial charge in [0.15, 0.2) is 5.78 Å². The number of aromatic nitrogens is 8. The van der Waals surface area contributed by atoms with Crippen LogP contribution in [0.1, 0.15) is 86.7 Å². The van der Waals surface area contributed by atoms with Crippen LogP contribution < -0.4 is 20.9 Å². The molecule has 0 radical (unpaired) electrons. The summed E-state index contributed by atoms with van der Waals surface area (Å²) in [6.07, 6.45) is 14.3. The minimum absolute atomic E-state index is 0.0207. The molecule has 0 unspecified atom stereocenters. The predicted octanol–water partition coefficient (Wildman–Crippen LogP) is 7.50. The number of imidazole rings is 2. The second-order valence-corrected chi connectivity index (χ2v) is 17.1. The molecule has 15 heteroatoms. The summed E-state index contributed by atoms with van der Waals surface area (Å²) in [5, 5.41) is 15.3. The second kappa shape index (κ2) is 21.4. The normalized spacial score (nSPS) is 18.3. The summed E-state index contributed by atoms with van der Waals surface area (Å²) in [6, 6.07) is 20.9. The van der Waals surface area contributed by atoms with E-state index in [9.17, 15) is 19.2 Å². The van der Waals surface area contributed by atoms with E-state index in [-0.39, 0.29) is 41.9 Å². The summed E-state index contributed by atoms with van der Waals surface area (Å²) in [6.45, 7) is 3.31. The molecule has 2 saturated carbocycles. The third-order valence-electron chi connectivity index (χ3n) is 13.1. The minimum Gasteiger partial charge on any atom is -0.497 e. The Bertz CT molecular complexity index is 2810. The molecule has 5 heterocycles. The Labute approximate surface area is 378 Å². The monoisotopic (exact) mass is 884 g/mol. The van der Waals surface area contributed by atoms with Crippen LogP contribution >= 0.6 is 0 Å². The van der Waals surface area contributed by atoms with Gasteiger partial charge in [0.05, 0.1) is 48.4 Å². The van der Waals surface area contributed by atoms with Crippen LogP contribution in [-0.4, -0.2) is 75.9 Å². The van der Waals surface area contributed by atoms with Crippen molar-refractivity contribution in [3.63, 3.8) is 0 Å². The van der Waals surface area contributed by atoms with Crippen molar-refractivity contribution in [1.82, 2.24) is 38.4 Å². The lowest BCUT2D eigenvalue weighted by Crippen LogP contribution is -2.29. The van der Waals surface area contributed by atoms with Gasteiger partial charge in [-0.1, -0.05) is 0 Å². The number of fused-ring (bicyclic) bond motifs is 2. The molecular formula is C50H60N8O7. The van der Waals surface area contributed by atoms with Gasteiger partial charge in [-0.05, 0) is 125 Å². The van der Waals surface area contributed by atoms with Crippen molar-refractivity contribution in [2.24, 2.45) is 31.8 Å². The van der Waals surface area contributed by atoms with Gasteiger partial charge in [0.25, 0.3) is 0 Å². The summed E-state index contributed by atoms with van der Waals surface area (Å²) in [5.74, 6) is 2.61. The zero-order valence-corrected chi connectivity index (χ0v) is 38.0. The number of ether oxygens (including phenoxy) is 2. The number of pyridine rings is 2. The van der Waals surface area contributed by atoms with Crippen LogP contribution in [0.25, 0.3) is 33.3 Å². The fourth-order valence-electron chi connectivity index (χ4n) is 9.39. The molecule has 15 nitrogen and oxygen atoms in total. The number of aliphatic hydroxyl groups excluding tert-OH is 1. The van der Waals surface area contributed by atoms with Crippen molar-refractivity contribution < 1.29 is 24.2 Å². The smallest absolute Gasteiger partial charge is 0.328 e. The lowest BCUT2D eigenvalue weighted by molar-refractivity contribution is -0.123. The molecule has 2 N–H and O–H groups in total. The van der Waals surface area contributed by atoms with Gasteiger partial charge in [-0.15, -0.1) is 0 Å². The van der Waals surface area contributed by atoms with Gasteiger partial charge >= 0.3 is 11.4 Å². The van der Waals surface area contributed by atoms with E-state index in [4.69, 9.17) is 14.6 Å². The number of carbonyl (C=O) groups is 2. The number of nitrogens with zero attached hydrogens (tertiary/aromatic N) is 7. The van der Waals surface area contributed by atoms with Crippen LogP contribution in [0, 0.1) is 17.8 Å². The molecule has 65 heavy (non-hydrogen) atoms. The van der Waals surface area contributed by atoms with E-state index in [1.807, 2.05) is 64.7 Å². The SMILES string of the molecule is CCO.COc1ccc2c(c1)n(CC1CCC(C(=O)CC(=O)c3ccncc3)CC1)c(=O)n2C.COc1ccc2c(c1)n(CC1CCC(c3cc(-c4ccncc4)n[nH]3)CC1)c(=O)n2C. The highest BCUT2D eigenvalue weighted by atomic mass is 16.5. The minimum atomic E-state index is -0.147. The maximum atomic E-state index is 12.9. The number of ketones is 2. The van der Waals surface area contributed by atoms with Crippen LogP contribution in [0.4, 0.5) is 0 Å². The molecule has 2 aliphatic carbocycles. The van der Waals surface area contributed by atoms with E-state index >= 15 is 0 Å². The number of carbonyl (C=O) groups excluding carboxylic acids is 2. The average Bonchev–Trinajstić information content (AvgIpc) is 4.00. The molecule has 0 saturated heterocycles. The molecule has 5 aromatic heterocycles. The first kappa shape index (κ1) is 46.4. The number of Topliss-reactive ketones (excluding diaryl/α,β-unsaturated/α-hetero) is 2. The third-order valence-corrected chi connectivity index (χ3v) is 13.1. The Morgan fingerprint density at radius 1 is 0.677 bits per heavy atom. The lowest BCUT2D eigenvalue weighted by atomic mass is 9.79. The standard InChI is InChI=1S/C24H27N5O2.C24H27N3O4.C2H6O/c1-28-22-8-7-19(31-2)13-23(22)29(24(28)30)15-16-3-5-17(6-4-16)20-14-21(27-26-20)18-9-11-25-12-10-18;1-26-20-8-7-19(31-2)13-21(20)27(24(26)30)15-16-3-5-17(6-4-16)22(28)14-23(29)18-9-11-25-12-10-18;1-2-3/h7-14,16-17H,3-6,15H2,1-2H3,(H,26,27);7-13,16-17H,3-6,14-15H2,1-2H3;3H,2H2,1H3. The van der Waals surface area contributed by atoms with Gasteiger partial charge in [-0.25, -0.2) is 9.59 Å². The Hall–Kier alpha value is -6.61. The zero-order chi connectivity index (χ0) is 46.0. The Morgan fingerprint density at radius 2 is 1.15 bits per heavy atom. The van der Waals surface area contributed by atoms with E-state index in [0.29, 0.717) is 29.9 Å². The van der Waals surface area contributed by atoms with Crippen LogP contribution in [0.15, 0.2) is 101 Å². The number of H-pyrrole nitrogens is 1. The molecule has 342 valence electrons. The molecule has 2 aliphatic rings. The number of aliphatic hydroxyl groups is 1. The number of hydrogen-bond donors (Lipinski definition) is 2. The number of hydrogen-bond acceptors (Lipinski definition) is 10. The maximum Gasteiger partial charge on any atom is 0.328 e. The largest absolute Gasteiger partial charge is 0.497 e. The molecule has 9 rings (SSSR count). The number of methoxy groups -OCH3 is 2. The first-order valence-corrected chi connectivity index (χ1v) is 22.5. The fraction of sp³-hybridized carbons (Fsp3) is 0.420. The highest BCUT2D eigenvalue weighted by Crippen LogP contribution is 2.37. The number of aromatic amines is 1. The van der Waals surface area contributed by atoms with Crippen molar-refractivity contribution in [2.75, 3.05) is 20.8 Å². The van der Waals surface area contributed by atoms with Crippen molar-refractivity contribution in [1.29, 1.82) is 0 Å². The van der Waals surface area contributed by atoms with E-state index in [0.717, 1.165) is 103 Å². The van der Waals surface area contributed by atoms with Gasteiger partial charge in [-0.2, -0.15) is 5.10 Å². The molecule has 0 atom stereocenters. The molecule has 0 bridgehead atoms. The van der Waals surface area contributed by atoms with Crippen molar-refractivity contribution in [2.45, 2.75) is 83.7 Å². The summed E-state index contributed by atoms with van der Waals surface area (Å²) in [7, 11) is 6.89. The summed E-state index contributed by atoms with van der Waals surface area (Å²) in [4.78, 5) is 58.6. The van der Waals surface area contributed by atoms with Gasteiger partial charge in [-0.3, -0.25) is 42.9 Å². The highest BCUT2D eigenvalue weighted by molar-refractivity contribution is 6.08. The van der Waals surface area contributed by atoms with Crippen molar-refractivity contribution in [3.8, 4) is 22.8 Å².